The van der Waals surface area contributed by atoms with Crippen LogP contribution >= 0.6 is 27.7 Å². The Labute approximate surface area is 76.3 Å². The maximum atomic E-state index is 3.57. The van der Waals surface area contributed by atoms with Gasteiger partial charge in [-0.15, -0.1) is 11.8 Å². The van der Waals surface area contributed by atoms with E-state index >= 15 is 0 Å². The summed E-state index contributed by atoms with van der Waals surface area (Å²) in [5.74, 6) is 0. The van der Waals surface area contributed by atoms with Crippen molar-refractivity contribution in [2.75, 3.05) is 5.33 Å². The molecule has 0 aromatic carbocycles. The fourth-order valence-electron chi connectivity index (χ4n) is 1.05. The summed E-state index contributed by atoms with van der Waals surface area (Å²) in [5, 5.41) is 1.17. The van der Waals surface area contributed by atoms with Gasteiger partial charge in [0.25, 0.3) is 0 Å². The van der Waals surface area contributed by atoms with Gasteiger partial charge in [0.05, 0.1) is 0 Å². The fraction of sp³-hybridized carbons (Fsp3) is 1.00. The normalized spacial score (nSPS) is 22.8. The summed E-state index contributed by atoms with van der Waals surface area (Å²) >= 11 is 5.69. The summed E-state index contributed by atoms with van der Waals surface area (Å²) in [6.07, 6.45) is 2.81. The van der Waals surface area contributed by atoms with E-state index in [-0.39, 0.29) is 0 Å². The van der Waals surface area contributed by atoms with E-state index in [1.165, 1.54) is 18.2 Å². The highest BCUT2D eigenvalue weighted by Gasteiger charge is 2.44. The molecule has 1 saturated carbocycles. The summed E-state index contributed by atoms with van der Waals surface area (Å²) in [7, 11) is 0. The van der Waals surface area contributed by atoms with Crippen molar-refractivity contribution in [2.45, 2.75) is 43.1 Å². The van der Waals surface area contributed by atoms with Crippen LogP contribution in [-0.2, 0) is 0 Å². The number of rotatable bonds is 2. The second kappa shape index (κ2) is 2.71. The summed E-state index contributed by atoms with van der Waals surface area (Å²) < 4.78 is 1.04. The van der Waals surface area contributed by atoms with Crippen LogP contribution in [0.5, 0.6) is 0 Å². The summed E-state index contributed by atoms with van der Waals surface area (Å²) in [4.78, 5) is 0. The summed E-state index contributed by atoms with van der Waals surface area (Å²) in [6.45, 7) is 6.88. The zero-order chi connectivity index (χ0) is 7.83. The maximum absolute atomic E-state index is 3.57. The summed E-state index contributed by atoms with van der Waals surface area (Å²) in [5.41, 5.74) is 0. The predicted octanol–water partition coefficient (Wildman–Crippen LogP) is 3.45. The quantitative estimate of drug-likeness (QED) is 0.646. The molecule has 0 aromatic heterocycles. The molecule has 0 N–H and O–H groups in total. The molecule has 1 fully saturated rings. The van der Waals surface area contributed by atoms with Crippen LogP contribution in [0.4, 0.5) is 0 Å². The number of thioether (sulfide) groups is 1. The molecule has 0 aromatic rings. The van der Waals surface area contributed by atoms with Gasteiger partial charge < -0.3 is 0 Å². The molecule has 0 atom stereocenters. The lowest BCUT2D eigenvalue weighted by atomic mass is 10.3. The third-order valence-corrected chi connectivity index (χ3v) is 4.62. The lowest BCUT2D eigenvalue weighted by Gasteiger charge is -2.23. The Morgan fingerprint density at radius 1 is 1.40 bits per heavy atom. The molecule has 2 heteroatoms. The van der Waals surface area contributed by atoms with E-state index in [0.29, 0.717) is 9.49 Å². The molecule has 0 bridgehead atoms. The van der Waals surface area contributed by atoms with E-state index < -0.39 is 0 Å². The van der Waals surface area contributed by atoms with Crippen molar-refractivity contribution in [3.63, 3.8) is 0 Å². The number of halogens is 1. The Hall–Kier alpha value is 0.830. The van der Waals surface area contributed by atoms with Gasteiger partial charge in [-0.1, -0.05) is 36.7 Å². The van der Waals surface area contributed by atoms with E-state index in [0.717, 1.165) is 0 Å². The molecular weight excluding hydrogens is 208 g/mol. The van der Waals surface area contributed by atoms with Crippen LogP contribution in [0.1, 0.15) is 33.6 Å². The van der Waals surface area contributed by atoms with Crippen LogP contribution in [0, 0.1) is 0 Å². The molecule has 0 nitrogen and oxygen atoms in total. The van der Waals surface area contributed by atoms with Crippen LogP contribution < -0.4 is 0 Å². The molecule has 60 valence electrons. The molecule has 0 saturated heterocycles. The van der Waals surface area contributed by atoms with Crippen molar-refractivity contribution < 1.29 is 0 Å². The minimum atomic E-state index is 0.435. The Bertz CT molecular complexity index is 122. The van der Waals surface area contributed by atoms with Crippen molar-refractivity contribution in [1.82, 2.24) is 0 Å². The van der Waals surface area contributed by atoms with Gasteiger partial charge in [0.15, 0.2) is 0 Å². The first kappa shape index (κ1) is 8.92. The second-order valence-corrected chi connectivity index (χ2v) is 6.89. The van der Waals surface area contributed by atoms with Gasteiger partial charge >= 0.3 is 0 Å². The standard InChI is InChI=1S/C8H15BrS/c1-7(2,3)10-8(6-9)4-5-8/h4-6H2,1-3H3. The first-order chi connectivity index (χ1) is 4.47. The van der Waals surface area contributed by atoms with Crippen molar-refractivity contribution in [1.29, 1.82) is 0 Å². The van der Waals surface area contributed by atoms with Crippen molar-refractivity contribution in [3.05, 3.63) is 0 Å². The molecule has 0 unspecified atom stereocenters. The number of hydrogen-bond donors (Lipinski definition) is 0. The minimum Gasteiger partial charge on any atom is -0.148 e. The smallest absolute Gasteiger partial charge is 0.0263 e. The first-order valence-corrected chi connectivity index (χ1v) is 5.67. The molecule has 10 heavy (non-hydrogen) atoms. The third kappa shape index (κ3) is 2.46. The van der Waals surface area contributed by atoms with E-state index in [9.17, 15) is 0 Å². The highest BCUT2D eigenvalue weighted by atomic mass is 79.9. The average Bonchev–Trinajstić information content (AvgIpc) is 2.45. The minimum absolute atomic E-state index is 0.435. The van der Waals surface area contributed by atoms with Crippen molar-refractivity contribution in [3.8, 4) is 0 Å². The largest absolute Gasteiger partial charge is 0.148 e. The van der Waals surface area contributed by atoms with Crippen LogP contribution in [-0.4, -0.2) is 14.8 Å². The zero-order valence-electron chi connectivity index (χ0n) is 6.91. The van der Waals surface area contributed by atoms with Crippen LogP contribution in [0.15, 0.2) is 0 Å². The molecule has 1 rings (SSSR count). The van der Waals surface area contributed by atoms with Crippen LogP contribution in [0.3, 0.4) is 0 Å². The Morgan fingerprint density at radius 3 is 2.00 bits per heavy atom. The Balaban J connectivity index is 2.38. The molecule has 0 amide bonds. The number of alkyl halides is 1. The molecule has 0 spiro atoms. The predicted molar refractivity (Wildman–Crippen MR) is 53.1 cm³/mol. The SMILES string of the molecule is CC(C)(C)SC1(CBr)CC1. The van der Waals surface area contributed by atoms with E-state index in [2.05, 4.69) is 48.5 Å². The molecule has 0 aliphatic heterocycles. The second-order valence-electron chi connectivity index (χ2n) is 4.03. The fourth-order valence-corrected chi connectivity index (χ4v) is 3.62. The highest BCUT2D eigenvalue weighted by molar-refractivity contribution is 9.09. The van der Waals surface area contributed by atoms with Gasteiger partial charge in [-0.3, -0.25) is 0 Å². The third-order valence-electron chi connectivity index (χ3n) is 1.57. The lowest BCUT2D eigenvalue weighted by Crippen LogP contribution is -2.17. The van der Waals surface area contributed by atoms with Gasteiger partial charge in [0, 0.05) is 14.8 Å². The average molecular weight is 223 g/mol. The first-order valence-electron chi connectivity index (χ1n) is 3.74. The topological polar surface area (TPSA) is 0 Å². The molecule has 0 radical (unpaired) electrons. The van der Waals surface area contributed by atoms with E-state index in [1.54, 1.807) is 0 Å². The van der Waals surface area contributed by atoms with Gasteiger partial charge in [0.2, 0.25) is 0 Å². The van der Waals surface area contributed by atoms with Crippen LogP contribution in [0.25, 0.3) is 0 Å². The molecule has 0 heterocycles. The summed E-state index contributed by atoms with van der Waals surface area (Å²) in [6, 6.07) is 0. The molecular formula is C8H15BrS. The monoisotopic (exact) mass is 222 g/mol. The molecule has 1 aliphatic rings. The van der Waals surface area contributed by atoms with Crippen molar-refractivity contribution in [2.24, 2.45) is 0 Å². The highest BCUT2D eigenvalue weighted by Crippen LogP contribution is 2.54. The molecule has 1 aliphatic carbocycles. The zero-order valence-corrected chi connectivity index (χ0v) is 9.31. The van der Waals surface area contributed by atoms with Gasteiger partial charge in [-0.05, 0) is 12.8 Å². The van der Waals surface area contributed by atoms with Crippen LogP contribution in [0.2, 0.25) is 0 Å². The van der Waals surface area contributed by atoms with E-state index in [1.807, 2.05) is 0 Å². The Morgan fingerprint density at radius 2 is 1.90 bits per heavy atom. The maximum Gasteiger partial charge on any atom is 0.0263 e. The van der Waals surface area contributed by atoms with Gasteiger partial charge in [-0.2, -0.15) is 0 Å². The van der Waals surface area contributed by atoms with Gasteiger partial charge in [0.1, 0.15) is 0 Å². The lowest BCUT2D eigenvalue weighted by molar-refractivity contribution is 0.792. The van der Waals surface area contributed by atoms with Gasteiger partial charge in [-0.25, -0.2) is 0 Å². The van der Waals surface area contributed by atoms with Crippen molar-refractivity contribution >= 4 is 27.7 Å². The Kier molecular flexibility index (Phi) is 2.41. The number of hydrogen-bond acceptors (Lipinski definition) is 1. The van der Waals surface area contributed by atoms with E-state index in [4.69, 9.17) is 0 Å².